The topological polar surface area (TPSA) is 84.7 Å². The molecule has 4 rings (SSSR count). The molecule has 0 amide bonds. The van der Waals surface area contributed by atoms with E-state index in [2.05, 4.69) is 14.9 Å². The van der Waals surface area contributed by atoms with Gasteiger partial charge in [-0.3, -0.25) is 9.36 Å². The largest absolute Gasteiger partial charge is 0.492 e. The van der Waals surface area contributed by atoms with Gasteiger partial charge in [-0.25, -0.2) is 0 Å². The van der Waals surface area contributed by atoms with Crippen LogP contribution in [0.2, 0.25) is 5.02 Å². The van der Waals surface area contributed by atoms with Gasteiger partial charge in [0.05, 0.1) is 25.8 Å². The number of fused-ring (bicyclic) bond motifs is 3. The third-order valence-corrected chi connectivity index (χ3v) is 5.65. The number of alkyl halides is 5. The Labute approximate surface area is 211 Å². The molecule has 2 aromatic carbocycles. The molecule has 37 heavy (non-hydrogen) atoms. The predicted molar refractivity (Wildman–Crippen MR) is 118 cm³/mol. The van der Waals surface area contributed by atoms with Crippen molar-refractivity contribution in [3.05, 3.63) is 64.2 Å². The number of ether oxygens (including phenoxy) is 4. The van der Waals surface area contributed by atoms with Crippen LogP contribution in [0, 0.1) is 0 Å². The number of carbonyl (C=O) groups excluding carboxylic acids is 1. The summed E-state index contributed by atoms with van der Waals surface area (Å²) in [4.78, 5) is 12.4. The van der Waals surface area contributed by atoms with Gasteiger partial charge in [-0.15, -0.1) is 10.2 Å². The lowest BCUT2D eigenvalue weighted by molar-refractivity contribution is -0.147. The van der Waals surface area contributed by atoms with Crippen LogP contribution < -0.4 is 9.47 Å². The number of aromatic nitrogens is 3. The van der Waals surface area contributed by atoms with Crippen LogP contribution >= 0.6 is 11.6 Å². The van der Waals surface area contributed by atoms with Gasteiger partial charge >= 0.3 is 18.8 Å². The smallest absolute Gasteiger partial charge is 0.452 e. The first kappa shape index (κ1) is 26.6. The fourth-order valence-corrected chi connectivity index (χ4v) is 4.24. The van der Waals surface area contributed by atoms with Crippen LogP contribution in [0.25, 0.3) is 5.69 Å². The van der Waals surface area contributed by atoms with Crippen molar-refractivity contribution >= 4 is 17.6 Å². The Kier molecular flexibility index (Phi) is 7.55. The van der Waals surface area contributed by atoms with E-state index >= 15 is 0 Å². The highest BCUT2D eigenvalue weighted by molar-refractivity contribution is 6.30. The molecule has 0 radical (unpaired) electrons. The number of benzene rings is 2. The minimum absolute atomic E-state index is 0.0200. The second kappa shape index (κ2) is 10.5. The number of hydrogen-bond donors (Lipinski definition) is 0. The number of hydrogen-bond acceptors (Lipinski definition) is 7. The molecule has 14 heteroatoms. The van der Waals surface area contributed by atoms with Gasteiger partial charge in [0.25, 0.3) is 0 Å². The van der Waals surface area contributed by atoms with Crippen LogP contribution in [-0.2, 0) is 20.4 Å². The molecule has 0 saturated carbocycles. The molecule has 0 N–H and O–H groups in total. The standard InChI is InChI=1S/C23H19ClF5N3O5/c1-3-35-17(33)10-16-20-30-31-21(23(27,28)29)32(20)14-8-7-11(24)9-13(14)18(36-16)12-5-4-6-15(19(12)34-2)37-22(25)26/h4-9,16,18,22H,3,10H2,1-2H3. The van der Waals surface area contributed by atoms with Crippen molar-refractivity contribution in [2.75, 3.05) is 13.7 Å². The molecule has 2 heterocycles. The Hall–Kier alpha value is -3.45. The molecule has 198 valence electrons. The third-order valence-electron chi connectivity index (χ3n) is 5.41. The van der Waals surface area contributed by atoms with Crippen molar-refractivity contribution in [3.8, 4) is 17.2 Å². The Morgan fingerprint density at radius 1 is 1.19 bits per heavy atom. The number of methoxy groups -OCH3 is 1. The zero-order valence-corrected chi connectivity index (χ0v) is 20.0. The molecule has 8 nitrogen and oxygen atoms in total. The van der Waals surface area contributed by atoms with Crippen molar-refractivity contribution in [2.45, 2.75) is 38.3 Å². The number of para-hydroxylation sites is 1. The molecule has 1 aliphatic heterocycles. The van der Waals surface area contributed by atoms with E-state index in [9.17, 15) is 26.7 Å². The Bertz CT molecular complexity index is 1300. The van der Waals surface area contributed by atoms with E-state index in [1.807, 2.05) is 0 Å². The monoisotopic (exact) mass is 547 g/mol. The maximum absolute atomic E-state index is 13.9. The first-order valence-electron chi connectivity index (χ1n) is 10.8. The number of rotatable bonds is 7. The minimum atomic E-state index is -4.92. The summed E-state index contributed by atoms with van der Waals surface area (Å²) >= 11 is 6.20. The second-order valence-electron chi connectivity index (χ2n) is 7.69. The summed E-state index contributed by atoms with van der Waals surface area (Å²) in [7, 11) is 1.21. The molecule has 1 aromatic heterocycles. The van der Waals surface area contributed by atoms with Gasteiger partial charge in [-0.1, -0.05) is 23.7 Å². The summed E-state index contributed by atoms with van der Waals surface area (Å²) in [5.74, 6) is -2.91. The van der Waals surface area contributed by atoms with Crippen molar-refractivity contribution in [3.63, 3.8) is 0 Å². The lowest BCUT2D eigenvalue weighted by Crippen LogP contribution is -2.18. The quantitative estimate of drug-likeness (QED) is 0.279. The van der Waals surface area contributed by atoms with Crippen molar-refractivity contribution in [2.24, 2.45) is 0 Å². The van der Waals surface area contributed by atoms with Gasteiger partial charge in [0.1, 0.15) is 12.2 Å². The first-order valence-corrected chi connectivity index (χ1v) is 11.2. The molecule has 0 spiro atoms. The molecule has 0 fully saturated rings. The number of carbonyl (C=O) groups is 1. The van der Waals surface area contributed by atoms with E-state index < -0.39 is 43.2 Å². The fourth-order valence-electron chi connectivity index (χ4n) is 4.06. The molecule has 0 aliphatic carbocycles. The Balaban J connectivity index is 1.98. The van der Waals surface area contributed by atoms with E-state index in [-0.39, 0.29) is 45.8 Å². The van der Waals surface area contributed by atoms with E-state index in [1.165, 1.54) is 43.5 Å². The van der Waals surface area contributed by atoms with E-state index in [0.717, 1.165) is 4.57 Å². The predicted octanol–water partition coefficient (Wildman–Crippen LogP) is 5.66. The summed E-state index contributed by atoms with van der Waals surface area (Å²) in [6.45, 7) is -1.59. The van der Waals surface area contributed by atoms with Gasteiger partial charge < -0.3 is 18.9 Å². The average Bonchev–Trinajstić information content (AvgIpc) is 3.22. The van der Waals surface area contributed by atoms with Crippen molar-refractivity contribution in [1.29, 1.82) is 0 Å². The van der Waals surface area contributed by atoms with E-state index in [4.69, 9.17) is 25.8 Å². The molecule has 1 aliphatic rings. The zero-order chi connectivity index (χ0) is 26.9. The van der Waals surface area contributed by atoms with E-state index in [1.54, 1.807) is 6.92 Å². The molecule has 3 aromatic rings. The highest BCUT2D eigenvalue weighted by atomic mass is 35.5. The van der Waals surface area contributed by atoms with Gasteiger partial charge in [-0.05, 0) is 31.2 Å². The molecule has 2 atom stereocenters. The average molecular weight is 548 g/mol. The third kappa shape index (κ3) is 5.32. The normalized spacial score (nSPS) is 17.1. The zero-order valence-electron chi connectivity index (χ0n) is 19.3. The number of halogens is 6. The lowest BCUT2D eigenvalue weighted by Gasteiger charge is -2.25. The van der Waals surface area contributed by atoms with Crippen LogP contribution in [0.5, 0.6) is 11.5 Å². The number of esters is 1. The first-order chi connectivity index (χ1) is 17.5. The summed E-state index contributed by atoms with van der Waals surface area (Å²) in [6.07, 6.45) is -8.08. The van der Waals surface area contributed by atoms with Crippen LogP contribution in [0.3, 0.4) is 0 Å². The molecule has 0 bridgehead atoms. The highest BCUT2D eigenvalue weighted by Gasteiger charge is 2.44. The molecular weight excluding hydrogens is 529 g/mol. The summed E-state index contributed by atoms with van der Waals surface area (Å²) < 4.78 is 89.7. The summed E-state index contributed by atoms with van der Waals surface area (Å²) in [5, 5.41) is 7.16. The maximum Gasteiger partial charge on any atom is 0.452 e. The van der Waals surface area contributed by atoms with Gasteiger partial charge in [0.2, 0.25) is 5.82 Å². The van der Waals surface area contributed by atoms with Gasteiger partial charge in [-0.2, -0.15) is 22.0 Å². The Morgan fingerprint density at radius 3 is 2.59 bits per heavy atom. The number of nitrogens with zero attached hydrogens (tertiary/aromatic N) is 3. The highest BCUT2D eigenvalue weighted by Crippen LogP contribution is 2.47. The SMILES string of the molecule is CCOC(=O)CC1OC(c2cccc(OC(F)F)c2OC)c2cc(Cl)ccc2-n2c1nnc2C(F)(F)F. The fraction of sp³-hybridized carbons (Fsp3) is 0.348. The van der Waals surface area contributed by atoms with Crippen LogP contribution in [0.1, 0.15) is 48.3 Å². The molecule has 0 saturated heterocycles. The second-order valence-corrected chi connectivity index (χ2v) is 8.13. The maximum atomic E-state index is 13.9. The van der Waals surface area contributed by atoms with E-state index in [0.29, 0.717) is 0 Å². The summed E-state index contributed by atoms with van der Waals surface area (Å²) in [5.41, 5.74) is 0.193. The van der Waals surface area contributed by atoms with Crippen LogP contribution in [0.15, 0.2) is 36.4 Å². The van der Waals surface area contributed by atoms with Gasteiger partial charge in [0, 0.05) is 16.1 Å². The van der Waals surface area contributed by atoms with Gasteiger partial charge in [0.15, 0.2) is 17.3 Å². The molecular formula is C23H19ClF5N3O5. The van der Waals surface area contributed by atoms with Crippen molar-refractivity contribution in [1.82, 2.24) is 14.8 Å². The Morgan fingerprint density at radius 2 is 1.95 bits per heavy atom. The van der Waals surface area contributed by atoms with Crippen LogP contribution in [0.4, 0.5) is 22.0 Å². The molecule has 2 unspecified atom stereocenters. The minimum Gasteiger partial charge on any atom is -0.492 e. The lowest BCUT2D eigenvalue weighted by atomic mass is 9.98. The van der Waals surface area contributed by atoms with Crippen molar-refractivity contribution < 1.29 is 45.7 Å². The van der Waals surface area contributed by atoms with Crippen LogP contribution in [-0.4, -0.2) is 41.1 Å². The summed E-state index contributed by atoms with van der Waals surface area (Å²) in [6, 6.07) is 8.12.